The number of aromatic nitrogens is 3. The van der Waals surface area contributed by atoms with Gasteiger partial charge in [0.2, 0.25) is 0 Å². The third kappa shape index (κ3) is 4.38. The average molecular weight is 321 g/mol. The van der Waals surface area contributed by atoms with E-state index in [0.29, 0.717) is 0 Å². The molecule has 0 fully saturated rings. The van der Waals surface area contributed by atoms with Gasteiger partial charge in [0.1, 0.15) is 11.3 Å². The van der Waals surface area contributed by atoms with Crippen LogP contribution in [0.25, 0.3) is 11.0 Å². The Bertz CT molecular complexity index is 636. The van der Waals surface area contributed by atoms with Crippen molar-refractivity contribution in [1.82, 2.24) is 14.5 Å². The van der Waals surface area contributed by atoms with Gasteiger partial charge in [-0.1, -0.05) is 19.8 Å². The van der Waals surface area contributed by atoms with Gasteiger partial charge in [-0.25, -0.2) is 4.98 Å². The van der Waals surface area contributed by atoms with Crippen LogP contribution in [0.5, 0.6) is 0 Å². The van der Waals surface area contributed by atoms with Crippen LogP contribution < -0.4 is 0 Å². The Balaban J connectivity index is 1.83. The summed E-state index contributed by atoms with van der Waals surface area (Å²) < 4.78 is 14.0. The number of fused-ring (bicyclic) bond motifs is 1. The van der Waals surface area contributed by atoms with E-state index in [0.717, 1.165) is 61.5 Å². The molecular formula is C17H27N3OS. The minimum absolute atomic E-state index is 0.618. The van der Waals surface area contributed by atoms with Gasteiger partial charge < -0.3 is 4.57 Å². The lowest BCUT2D eigenvalue weighted by atomic mass is 10.2. The first-order chi connectivity index (χ1) is 10.6. The number of hydrogen-bond donors (Lipinski definition) is 0. The Kier molecular flexibility index (Phi) is 6.55. The summed E-state index contributed by atoms with van der Waals surface area (Å²) in [5, 5.41) is 0. The van der Waals surface area contributed by atoms with Crippen LogP contribution in [0.3, 0.4) is 0 Å². The number of aryl methyl sites for hydroxylation is 3. The predicted molar refractivity (Wildman–Crippen MR) is 93.6 cm³/mol. The van der Waals surface area contributed by atoms with Crippen molar-refractivity contribution in [2.45, 2.75) is 59.4 Å². The molecule has 2 rings (SSSR count). The third-order valence-electron chi connectivity index (χ3n) is 4.00. The predicted octanol–water partition coefficient (Wildman–Crippen LogP) is 3.77. The Labute approximate surface area is 135 Å². The molecule has 1 unspecified atom stereocenters. The molecule has 0 aliphatic carbocycles. The topological polar surface area (TPSA) is 47.8 Å². The Morgan fingerprint density at radius 1 is 1.09 bits per heavy atom. The normalized spacial score (nSPS) is 12.9. The van der Waals surface area contributed by atoms with Crippen LogP contribution in [-0.4, -0.2) is 30.2 Å². The van der Waals surface area contributed by atoms with Crippen molar-refractivity contribution in [3.05, 3.63) is 23.8 Å². The van der Waals surface area contributed by atoms with E-state index in [1.807, 2.05) is 12.4 Å². The molecule has 0 saturated heterocycles. The first-order valence-electron chi connectivity index (χ1n) is 8.26. The highest BCUT2D eigenvalue weighted by molar-refractivity contribution is 7.84. The molecule has 0 aliphatic rings. The number of pyridine rings is 1. The molecule has 22 heavy (non-hydrogen) atoms. The zero-order valence-electron chi connectivity index (χ0n) is 14.0. The van der Waals surface area contributed by atoms with Crippen LogP contribution in [0, 0.1) is 13.8 Å². The molecule has 0 amide bonds. The van der Waals surface area contributed by atoms with Crippen molar-refractivity contribution >= 4 is 21.8 Å². The number of nitrogens with zero attached hydrogens (tertiary/aromatic N) is 3. The summed E-state index contributed by atoms with van der Waals surface area (Å²) in [6, 6.07) is 0. The van der Waals surface area contributed by atoms with Crippen molar-refractivity contribution in [1.29, 1.82) is 0 Å². The molecule has 0 spiro atoms. The van der Waals surface area contributed by atoms with Gasteiger partial charge in [0.25, 0.3) is 0 Å². The van der Waals surface area contributed by atoms with Gasteiger partial charge in [-0.3, -0.25) is 9.19 Å². The molecular weight excluding hydrogens is 294 g/mol. The molecule has 2 aromatic heterocycles. The zero-order chi connectivity index (χ0) is 15.9. The third-order valence-corrected chi connectivity index (χ3v) is 5.49. The molecule has 1 atom stereocenters. The van der Waals surface area contributed by atoms with Crippen molar-refractivity contribution in [2.75, 3.05) is 11.5 Å². The lowest BCUT2D eigenvalue weighted by molar-refractivity contribution is 0.600. The molecule has 2 aromatic rings. The van der Waals surface area contributed by atoms with Crippen LogP contribution in [0.1, 0.15) is 50.4 Å². The van der Waals surface area contributed by atoms with Crippen molar-refractivity contribution in [3.63, 3.8) is 0 Å². The molecule has 0 N–H and O–H groups in total. The Morgan fingerprint density at radius 3 is 2.64 bits per heavy atom. The van der Waals surface area contributed by atoms with Crippen LogP contribution in [-0.2, 0) is 17.3 Å². The molecule has 2 heterocycles. The quantitative estimate of drug-likeness (QED) is 0.661. The van der Waals surface area contributed by atoms with Crippen molar-refractivity contribution in [3.8, 4) is 0 Å². The Morgan fingerprint density at radius 2 is 1.86 bits per heavy atom. The van der Waals surface area contributed by atoms with Crippen molar-refractivity contribution < 1.29 is 4.21 Å². The molecule has 5 heteroatoms. The van der Waals surface area contributed by atoms with E-state index in [4.69, 9.17) is 0 Å². The molecule has 0 bridgehead atoms. The minimum atomic E-state index is -0.618. The van der Waals surface area contributed by atoms with E-state index in [1.165, 1.54) is 11.1 Å². The summed E-state index contributed by atoms with van der Waals surface area (Å²) in [5.41, 5.74) is 3.37. The first kappa shape index (κ1) is 17.1. The molecule has 0 aromatic carbocycles. The second kappa shape index (κ2) is 8.42. The average Bonchev–Trinajstić information content (AvgIpc) is 2.82. The summed E-state index contributed by atoms with van der Waals surface area (Å²) >= 11 is 0. The van der Waals surface area contributed by atoms with Gasteiger partial charge in [-0.15, -0.1) is 0 Å². The van der Waals surface area contributed by atoms with Crippen LogP contribution in [0.4, 0.5) is 0 Å². The van der Waals surface area contributed by atoms with Gasteiger partial charge in [0.05, 0.1) is 11.7 Å². The monoisotopic (exact) mass is 321 g/mol. The minimum Gasteiger partial charge on any atom is -0.328 e. The SMILES string of the molecule is CCCCS(=O)CCCCCn1c(C)nc2cncc(C)c21. The highest BCUT2D eigenvalue weighted by Gasteiger charge is 2.09. The van der Waals surface area contributed by atoms with E-state index in [1.54, 1.807) is 0 Å². The molecule has 0 aliphatic heterocycles. The van der Waals surface area contributed by atoms with Crippen molar-refractivity contribution in [2.24, 2.45) is 0 Å². The van der Waals surface area contributed by atoms with Gasteiger partial charge in [0, 0.05) is 35.0 Å². The lowest BCUT2D eigenvalue weighted by Crippen LogP contribution is -2.04. The smallest absolute Gasteiger partial charge is 0.107 e. The fourth-order valence-electron chi connectivity index (χ4n) is 2.76. The van der Waals surface area contributed by atoms with E-state index >= 15 is 0 Å². The molecule has 0 saturated carbocycles. The van der Waals surface area contributed by atoms with E-state index in [9.17, 15) is 4.21 Å². The van der Waals surface area contributed by atoms with E-state index < -0.39 is 10.8 Å². The second-order valence-corrected chi connectivity index (χ2v) is 7.59. The van der Waals surface area contributed by atoms with Gasteiger partial charge >= 0.3 is 0 Å². The summed E-state index contributed by atoms with van der Waals surface area (Å²) in [7, 11) is -0.618. The fourth-order valence-corrected chi connectivity index (χ4v) is 4.11. The number of unbranched alkanes of at least 4 members (excludes halogenated alkanes) is 3. The summed E-state index contributed by atoms with van der Waals surface area (Å²) in [6.45, 7) is 7.27. The van der Waals surface area contributed by atoms with Gasteiger partial charge in [-0.05, 0) is 38.7 Å². The number of imidazole rings is 1. The van der Waals surface area contributed by atoms with Gasteiger partial charge in [-0.2, -0.15) is 0 Å². The van der Waals surface area contributed by atoms with E-state index in [2.05, 4.69) is 35.3 Å². The summed E-state index contributed by atoms with van der Waals surface area (Å²) in [5.74, 6) is 2.78. The van der Waals surface area contributed by atoms with Crippen LogP contribution in [0.2, 0.25) is 0 Å². The fraction of sp³-hybridized carbons (Fsp3) is 0.647. The van der Waals surface area contributed by atoms with Crippen LogP contribution >= 0.6 is 0 Å². The molecule has 0 radical (unpaired) electrons. The Hall–Kier alpha value is -1.23. The number of hydrogen-bond acceptors (Lipinski definition) is 3. The molecule has 4 nitrogen and oxygen atoms in total. The largest absolute Gasteiger partial charge is 0.328 e. The lowest BCUT2D eigenvalue weighted by Gasteiger charge is -2.08. The standard InChI is InChI=1S/C17H27N3OS/c1-4-5-10-22(21)11-8-6-7-9-20-15(3)19-16-13-18-12-14(2)17(16)20/h12-13H,4-11H2,1-3H3. The summed E-state index contributed by atoms with van der Waals surface area (Å²) in [6.07, 6.45) is 9.25. The second-order valence-electron chi connectivity index (χ2n) is 5.90. The van der Waals surface area contributed by atoms with Gasteiger partial charge in [0.15, 0.2) is 0 Å². The number of rotatable bonds is 9. The first-order valence-corrected chi connectivity index (χ1v) is 9.74. The van der Waals surface area contributed by atoms with E-state index in [-0.39, 0.29) is 0 Å². The van der Waals surface area contributed by atoms with Crippen LogP contribution in [0.15, 0.2) is 12.4 Å². The highest BCUT2D eigenvalue weighted by Crippen LogP contribution is 2.19. The maximum Gasteiger partial charge on any atom is 0.107 e. The summed E-state index contributed by atoms with van der Waals surface area (Å²) in [4.78, 5) is 8.80. The maximum absolute atomic E-state index is 11.8. The molecule has 122 valence electrons. The maximum atomic E-state index is 11.8. The zero-order valence-corrected chi connectivity index (χ0v) is 14.8. The highest BCUT2D eigenvalue weighted by atomic mass is 32.2.